The Morgan fingerprint density at radius 1 is 1.36 bits per heavy atom. The maximum Gasteiger partial charge on any atom is 0.191 e. The summed E-state index contributed by atoms with van der Waals surface area (Å²) in [7, 11) is -1.22. The van der Waals surface area contributed by atoms with Gasteiger partial charge in [-0.1, -0.05) is 17.7 Å². The molecule has 0 radical (unpaired) electrons. The number of aryl methyl sites for hydroxylation is 1. The van der Waals surface area contributed by atoms with E-state index in [2.05, 4.69) is 15.6 Å². The molecule has 2 rings (SSSR count). The van der Waals surface area contributed by atoms with E-state index in [1.165, 1.54) is 5.56 Å². The number of rotatable bonds is 5. The second-order valence-corrected chi connectivity index (χ2v) is 7.63. The first-order valence-electron chi connectivity index (χ1n) is 7.35. The van der Waals surface area contributed by atoms with E-state index in [0.29, 0.717) is 25.5 Å². The van der Waals surface area contributed by atoms with Crippen LogP contribution in [0.3, 0.4) is 0 Å². The van der Waals surface area contributed by atoms with E-state index in [-0.39, 0.29) is 17.5 Å². The lowest BCUT2D eigenvalue weighted by atomic mass is 10.2. The first kappa shape index (κ1) is 16.6. The molecule has 2 N–H and O–H groups in total. The lowest BCUT2D eigenvalue weighted by Crippen LogP contribution is -2.45. The molecule has 1 aromatic rings. The molecule has 1 aliphatic rings. The molecular formula is C15H23N3O3S. The maximum atomic E-state index is 11.4. The third-order valence-electron chi connectivity index (χ3n) is 3.48. The van der Waals surface area contributed by atoms with E-state index in [4.69, 9.17) is 4.74 Å². The SMILES string of the molecule is CN=C(NCCOc1ccc(C)cc1)NC1CCS(=O)(=O)C1. The van der Waals surface area contributed by atoms with E-state index in [9.17, 15) is 8.42 Å². The van der Waals surface area contributed by atoms with Gasteiger partial charge in [0.1, 0.15) is 12.4 Å². The third-order valence-corrected chi connectivity index (χ3v) is 5.25. The number of hydrogen-bond acceptors (Lipinski definition) is 4. The number of hydrogen-bond donors (Lipinski definition) is 2. The molecule has 1 atom stereocenters. The Bertz CT molecular complexity index is 611. The van der Waals surface area contributed by atoms with Gasteiger partial charge >= 0.3 is 0 Å². The maximum absolute atomic E-state index is 11.4. The quantitative estimate of drug-likeness (QED) is 0.474. The van der Waals surface area contributed by atoms with Crippen LogP contribution in [0.25, 0.3) is 0 Å². The minimum Gasteiger partial charge on any atom is -0.492 e. The van der Waals surface area contributed by atoms with Crippen LogP contribution in [0.1, 0.15) is 12.0 Å². The molecular weight excluding hydrogens is 302 g/mol. The summed E-state index contributed by atoms with van der Waals surface area (Å²) in [5, 5.41) is 6.26. The summed E-state index contributed by atoms with van der Waals surface area (Å²) in [6.07, 6.45) is 0.628. The Morgan fingerprint density at radius 3 is 2.68 bits per heavy atom. The standard InChI is InChI=1S/C15H23N3O3S/c1-12-3-5-14(6-4-12)21-9-8-17-15(16-2)18-13-7-10-22(19,20)11-13/h3-6,13H,7-11H2,1-2H3,(H2,16,17,18). The number of sulfone groups is 1. The van der Waals surface area contributed by atoms with Gasteiger partial charge in [0.25, 0.3) is 0 Å². The number of aliphatic imine (C=N–C) groups is 1. The van der Waals surface area contributed by atoms with Crippen LogP contribution in [0.5, 0.6) is 5.75 Å². The van der Waals surface area contributed by atoms with E-state index < -0.39 is 9.84 Å². The second-order valence-electron chi connectivity index (χ2n) is 5.40. The van der Waals surface area contributed by atoms with Crippen molar-refractivity contribution < 1.29 is 13.2 Å². The molecule has 6 nitrogen and oxygen atoms in total. The Kier molecular flexibility index (Phi) is 5.65. The van der Waals surface area contributed by atoms with Gasteiger partial charge in [-0.05, 0) is 25.5 Å². The highest BCUT2D eigenvalue weighted by Crippen LogP contribution is 2.11. The molecule has 1 aliphatic heterocycles. The average molecular weight is 325 g/mol. The summed E-state index contributed by atoms with van der Waals surface area (Å²) in [4.78, 5) is 4.10. The molecule has 1 saturated heterocycles. The topological polar surface area (TPSA) is 79.8 Å². The lowest BCUT2D eigenvalue weighted by molar-refractivity contribution is 0.321. The van der Waals surface area contributed by atoms with Crippen LogP contribution in [0.4, 0.5) is 0 Å². The summed E-state index contributed by atoms with van der Waals surface area (Å²) in [6, 6.07) is 7.82. The Hall–Kier alpha value is -1.76. The van der Waals surface area contributed by atoms with Gasteiger partial charge in [-0.2, -0.15) is 0 Å². The van der Waals surface area contributed by atoms with E-state index in [0.717, 1.165) is 5.75 Å². The zero-order chi connectivity index (χ0) is 16.0. The Labute approximate surface area is 131 Å². The summed E-state index contributed by atoms with van der Waals surface area (Å²) in [5.74, 6) is 1.86. The monoisotopic (exact) mass is 325 g/mol. The van der Waals surface area contributed by atoms with Crippen LogP contribution in [0.15, 0.2) is 29.3 Å². The van der Waals surface area contributed by atoms with Gasteiger partial charge in [-0.3, -0.25) is 4.99 Å². The van der Waals surface area contributed by atoms with Gasteiger partial charge in [-0.15, -0.1) is 0 Å². The fraction of sp³-hybridized carbons (Fsp3) is 0.533. The predicted octanol–water partition coefficient (Wildman–Crippen LogP) is 0.726. The van der Waals surface area contributed by atoms with Crippen molar-refractivity contribution in [2.75, 3.05) is 31.7 Å². The van der Waals surface area contributed by atoms with Crippen molar-refractivity contribution in [2.45, 2.75) is 19.4 Å². The van der Waals surface area contributed by atoms with Gasteiger partial charge in [0.2, 0.25) is 0 Å². The molecule has 122 valence electrons. The minimum absolute atomic E-state index is 0.0609. The zero-order valence-corrected chi connectivity index (χ0v) is 13.8. The van der Waals surface area contributed by atoms with Crippen molar-refractivity contribution in [3.05, 3.63) is 29.8 Å². The number of guanidine groups is 1. The van der Waals surface area contributed by atoms with Crippen LogP contribution in [0, 0.1) is 6.92 Å². The van der Waals surface area contributed by atoms with Gasteiger partial charge in [0.15, 0.2) is 15.8 Å². The highest BCUT2D eigenvalue weighted by molar-refractivity contribution is 7.91. The number of ether oxygens (including phenoxy) is 1. The Balaban J connectivity index is 1.69. The third kappa shape index (κ3) is 5.22. The fourth-order valence-corrected chi connectivity index (χ4v) is 3.94. The van der Waals surface area contributed by atoms with Gasteiger partial charge in [0.05, 0.1) is 18.1 Å². The normalized spacial score (nSPS) is 20.6. The van der Waals surface area contributed by atoms with E-state index >= 15 is 0 Å². The van der Waals surface area contributed by atoms with Crippen LogP contribution in [-0.4, -0.2) is 52.1 Å². The van der Waals surface area contributed by atoms with Crippen molar-refractivity contribution in [2.24, 2.45) is 4.99 Å². The van der Waals surface area contributed by atoms with Crippen LogP contribution in [-0.2, 0) is 9.84 Å². The van der Waals surface area contributed by atoms with E-state index in [1.807, 2.05) is 31.2 Å². The first-order valence-corrected chi connectivity index (χ1v) is 9.18. The van der Waals surface area contributed by atoms with Gasteiger partial charge < -0.3 is 15.4 Å². The molecule has 0 saturated carbocycles. The van der Waals surface area contributed by atoms with Crippen molar-refractivity contribution in [1.29, 1.82) is 0 Å². The molecule has 1 aromatic carbocycles. The molecule has 0 amide bonds. The average Bonchev–Trinajstić information content (AvgIpc) is 2.83. The Morgan fingerprint density at radius 2 is 2.09 bits per heavy atom. The lowest BCUT2D eigenvalue weighted by Gasteiger charge is -2.16. The van der Waals surface area contributed by atoms with Gasteiger partial charge in [-0.25, -0.2) is 8.42 Å². The molecule has 7 heteroatoms. The predicted molar refractivity (Wildman–Crippen MR) is 88.2 cm³/mol. The van der Waals surface area contributed by atoms with Crippen molar-refractivity contribution >= 4 is 15.8 Å². The summed E-state index contributed by atoms with van der Waals surface area (Å²) < 4.78 is 28.5. The minimum atomic E-state index is -2.88. The molecule has 1 fully saturated rings. The molecule has 0 bridgehead atoms. The van der Waals surface area contributed by atoms with E-state index in [1.54, 1.807) is 7.05 Å². The molecule has 0 aromatic heterocycles. The van der Waals surface area contributed by atoms with Crippen LogP contribution < -0.4 is 15.4 Å². The zero-order valence-electron chi connectivity index (χ0n) is 13.0. The van der Waals surface area contributed by atoms with Crippen molar-refractivity contribution in [1.82, 2.24) is 10.6 Å². The smallest absolute Gasteiger partial charge is 0.191 e. The van der Waals surface area contributed by atoms with Crippen molar-refractivity contribution in [3.63, 3.8) is 0 Å². The number of nitrogens with one attached hydrogen (secondary N) is 2. The summed E-state index contributed by atoms with van der Waals surface area (Å²) in [6.45, 7) is 3.13. The second kappa shape index (κ2) is 7.49. The summed E-state index contributed by atoms with van der Waals surface area (Å²) >= 11 is 0. The molecule has 1 unspecified atom stereocenters. The first-order chi connectivity index (χ1) is 10.5. The highest BCUT2D eigenvalue weighted by atomic mass is 32.2. The molecule has 1 heterocycles. The summed E-state index contributed by atoms with van der Waals surface area (Å²) in [5.41, 5.74) is 1.20. The number of benzene rings is 1. The van der Waals surface area contributed by atoms with Crippen molar-refractivity contribution in [3.8, 4) is 5.75 Å². The van der Waals surface area contributed by atoms with Gasteiger partial charge in [0, 0.05) is 13.1 Å². The number of nitrogens with zero attached hydrogens (tertiary/aromatic N) is 1. The molecule has 0 spiro atoms. The molecule has 0 aliphatic carbocycles. The van der Waals surface area contributed by atoms with Crippen LogP contribution in [0.2, 0.25) is 0 Å². The highest BCUT2D eigenvalue weighted by Gasteiger charge is 2.28. The van der Waals surface area contributed by atoms with Crippen LogP contribution >= 0.6 is 0 Å². The fourth-order valence-electron chi connectivity index (χ4n) is 2.27. The molecule has 22 heavy (non-hydrogen) atoms. The largest absolute Gasteiger partial charge is 0.492 e.